The summed E-state index contributed by atoms with van der Waals surface area (Å²) < 4.78 is 42.1. The average Bonchev–Trinajstić information content (AvgIpc) is 2.52. The van der Waals surface area contributed by atoms with Crippen LogP contribution in [0.4, 0.5) is 14.5 Å². The highest BCUT2D eigenvalue weighted by atomic mass is 19.1. The molecule has 1 heterocycles. The molecule has 0 radical (unpaired) electrons. The number of halogens is 2. The van der Waals surface area contributed by atoms with Crippen molar-refractivity contribution in [3.63, 3.8) is 0 Å². The standard InChI is InChI=1S/C16H13F2NO4/c17-11-1-2-13(14(19)5-11)16(20)22-7-10-4-12(18)3-9-6-21-8-23-15(9)10/h1-5H,6-8,19H2. The minimum Gasteiger partial charge on any atom is -0.467 e. The molecule has 7 heteroatoms. The van der Waals surface area contributed by atoms with Gasteiger partial charge in [-0.3, -0.25) is 0 Å². The van der Waals surface area contributed by atoms with Crippen molar-refractivity contribution in [1.29, 1.82) is 0 Å². The van der Waals surface area contributed by atoms with Gasteiger partial charge >= 0.3 is 5.97 Å². The predicted molar refractivity (Wildman–Crippen MR) is 76.6 cm³/mol. The first-order valence-electron chi connectivity index (χ1n) is 6.78. The lowest BCUT2D eigenvalue weighted by atomic mass is 10.1. The largest absolute Gasteiger partial charge is 0.467 e. The van der Waals surface area contributed by atoms with Gasteiger partial charge < -0.3 is 19.9 Å². The highest BCUT2D eigenvalue weighted by Crippen LogP contribution is 2.30. The van der Waals surface area contributed by atoms with E-state index in [1.54, 1.807) is 0 Å². The number of hydrogen-bond acceptors (Lipinski definition) is 5. The van der Waals surface area contributed by atoms with Crippen molar-refractivity contribution in [2.75, 3.05) is 12.5 Å². The van der Waals surface area contributed by atoms with Crippen LogP contribution in [0.2, 0.25) is 0 Å². The van der Waals surface area contributed by atoms with Gasteiger partial charge in [0.25, 0.3) is 0 Å². The third-order valence-corrected chi connectivity index (χ3v) is 3.34. The molecule has 1 aliphatic heterocycles. The fraction of sp³-hybridized carbons (Fsp3) is 0.188. The van der Waals surface area contributed by atoms with Crippen LogP contribution in [0.1, 0.15) is 21.5 Å². The number of anilines is 1. The first kappa shape index (κ1) is 15.2. The minimum absolute atomic E-state index is 0.0269. The summed E-state index contributed by atoms with van der Waals surface area (Å²) >= 11 is 0. The summed E-state index contributed by atoms with van der Waals surface area (Å²) in [5.74, 6) is -1.32. The third-order valence-electron chi connectivity index (χ3n) is 3.34. The van der Waals surface area contributed by atoms with Crippen molar-refractivity contribution in [2.24, 2.45) is 0 Å². The van der Waals surface area contributed by atoms with Crippen LogP contribution in [-0.2, 0) is 22.7 Å². The van der Waals surface area contributed by atoms with Gasteiger partial charge in [0, 0.05) is 16.8 Å². The SMILES string of the molecule is Nc1cc(F)ccc1C(=O)OCc1cc(F)cc2c1OCOC2. The molecule has 5 nitrogen and oxygen atoms in total. The molecule has 0 amide bonds. The maximum atomic E-state index is 13.6. The lowest BCUT2D eigenvalue weighted by Gasteiger charge is -2.20. The van der Waals surface area contributed by atoms with Crippen molar-refractivity contribution in [3.8, 4) is 5.75 Å². The number of fused-ring (bicyclic) bond motifs is 1. The second-order valence-electron chi connectivity index (χ2n) is 4.97. The first-order valence-corrected chi connectivity index (χ1v) is 6.78. The molecular formula is C16H13F2NO4. The molecule has 0 unspecified atom stereocenters. The molecule has 0 bridgehead atoms. The molecule has 0 saturated heterocycles. The fourth-order valence-corrected chi connectivity index (χ4v) is 2.30. The Morgan fingerprint density at radius 2 is 2.04 bits per heavy atom. The summed E-state index contributed by atoms with van der Waals surface area (Å²) in [7, 11) is 0. The van der Waals surface area contributed by atoms with Gasteiger partial charge in [0.1, 0.15) is 24.0 Å². The molecule has 120 valence electrons. The fourth-order valence-electron chi connectivity index (χ4n) is 2.30. The number of nitrogens with two attached hydrogens (primary N) is 1. The molecule has 0 fully saturated rings. The molecule has 2 aromatic carbocycles. The number of esters is 1. The van der Waals surface area contributed by atoms with E-state index in [2.05, 4.69) is 0 Å². The van der Waals surface area contributed by atoms with Crippen molar-refractivity contribution in [1.82, 2.24) is 0 Å². The van der Waals surface area contributed by atoms with E-state index in [1.807, 2.05) is 0 Å². The molecular weight excluding hydrogens is 308 g/mol. The minimum atomic E-state index is -0.729. The van der Waals surface area contributed by atoms with Crippen LogP contribution < -0.4 is 10.5 Å². The van der Waals surface area contributed by atoms with Crippen molar-refractivity contribution < 1.29 is 27.8 Å². The maximum Gasteiger partial charge on any atom is 0.340 e. The number of ether oxygens (including phenoxy) is 3. The van der Waals surface area contributed by atoms with E-state index in [0.29, 0.717) is 16.9 Å². The van der Waals surface area contributed by atoms with Gasteiger partial charge in [-0.25, -0.2) is 13.6 Å². The van der Waals surface area contributed by atoms with Crippen LogP contribution in [0, 0.1) is 11.6 Å². The Labute approximate surface area is 130 Å². The van der Waals surface area contributed by atoms with Crippen molar-refractivity contribution in [3.05, 3.63) is 58.7 Å². The van der Waals surface area contributed by atoms with Crippen LogP contribution in [0.15, 0.2) is 30.3 Å². The Morgan fingerprint density at radius 3 is 2.83 bits per heavy atom. The number of carbonyl (C=O) groups excluding carboxylic acids is 1. The summed E-state index contributed by atoms with van der Waals surface area (Å²) in [6.07, 6.45) is 0. The highest BCUT2D eigenvalue weighted by Gasteiger charge is 2.19. The molecule has 0 aromatic heterocycles. The summed E-state index contributed by atoms with van der Waals surface area (Å²) in [6, 6.07) is 5.90. The molecule has 0 aliphatic carbocycles. The Balaban J connectivity index is 1.78. The number of benzene rings is 2. The van der Waals surface area contributed by atoms with Gasteiger partial charge in [-0.15, -0.1) is 0 Å². The van der Waals surface area contributed by atoms with E-state index < -0.39 is 17.6 Å². The third kappa shape index (κ3) is 3.24. The van der Waals surface area contributed by atoms with Crippen molar-refractivity contribution >= 4 is 11.7 Å². The molecule has 2 aromatic rings. The van der Waals surface area contributed by atoms with Gasteiger partial charge in [0.15, 0.2) is 6.79 Å². The molecule has 1 aliphatic rings. The quantitative estimate of drug-likeness (QED) is 0.695. The topological polar surface area (TPSA) is 70.8 Å². The maximum absolute atomic E-state index is 13.6. The first-order chi connectivity index (χ1) is 11.0. The predicted octanol–water partition coefficient (Wildman–Crippen LogP) is 2.77. The van der Waals surface area contributed by atoms with Crippen LogP contribution >= 0.6 is 0 Å². The smallest absolute Gasteiger partial charge is 0.340 e. The van der Waals surface area contributed by atoms with Gasteiger partial charge in [-0.1, -0.05) is 0 Å². The number of carbonyl (C=O) groups is 1. The van der Waals surface area contributed by atoms with E-state index in [1.165, 1.54) is 18.2 Å². The lowest BCUT2D eigenvalue weighted by Crippen LogP contribution is -2.15. The van der Waals surface area contributed by atoms with Crippen LogP contribution in [-0.4, -0.2) is 12.8 Å². The Kier molecular flexibility index (Phi) is 4.12. The molecule has 0 spiro atoms. The van der Waals surface area contributed by atoms with E-state index in [4.69, 9.17) is 19.9 Å². The molecule has 0 atom stereocenters. The zero-order valence-electron chi connectivity index (χ0n) is 12.0. The highest BCUT2D eigenvalue weighted by molar-refractivity contribution is 5.95. The van der Waals surface area contributed by atoms with E-state index in [-0.39, 0.29) is 31.3 Å². The van der Waals surface area contributed by atoms with Crippen LogP contribution in [0.3, 0.4) is 0 Å². The molecule has 0 saturated carbocycles. The Bertz CT molecular complexity index is 764. The normalized spacial score (nSPS) is 13.1. The summed E-state index contributed by atoms with van der Waals surface area (Å²) in [6.45, 7) is 0.0686. The van der Waals surface area contributed by atoms with Crippen LogP contribution in [0.5, 0.6) is 5.75 Å². The Morgan fingerprint density at radius 1 is 1.22 bits per heavy atom. The summed E-state index contributed by atoms with van der Waals surface area (Å²) in [5, 5.41) is 0. The lowest BCUT2D eigenvalue weighted by molar-refractivity contribution is -0.0182. The monoisotopic (exact) mass is 321 g/mol. The zero-order valence-corrected chi connectivity index (χ0v) is 12.0. The van der Waals surface area contributed by atoms with E-state index in [9.17, 15) is 13.6 Å². The van der Waals surface area contributed by atoms with Gasteiger partial charge in [-0.2, -0.15) is 0 Å². The number of rotatable bonds is 3. The second kappa shape index (κ2) is 6.21. The molecule has 2 N–H and O–H groups in total. The average molecular weight is 321 g/mol. The molecule has 23 heavy (non-hydrogen) atoms. The zero-order chi connectivity index (χ0) is 16.4. The van der Waals surface area contributed by atoms with Crippen molar-refractivity contribution in [2.45, 2.75) is 13.2 Å². The van der Waals surface area contributed by atoms with Gasteiger partial charge in [0.05, 0.1) is 12.2 Å². The van der Waals surface area contributed by atoms with Crippen LogP contribution in [0.25, 0.3) is 0 Å². The summed E-state index contributed by atoms with van der Waals surface area (Å²) in [5.41, 5.74) is 6.53. The Hall–Kier alpha value is -2.67. The summed E-state index contributed by atoms with van der Waals surface area (Å²) in [4.78, 5) is 12.0. The van der Waals surface area contributed by atoms with E-state index in [0.717, 1.165) is 12.1 Å². The number of nitrogen functional groups attached to an aromatic ring is 1. The van der Waals surface area contributed by atoms with Gasteiger partial charge in [-0.05, 0) is 30.3 Å². The molecule has 3 rings (SSSR count). The second-order valence-corrected chi connectivity index (χ2v) is 4.97. The van der Waals surface area contributed by atoms with Gasteiger partial charge in [0.2, 0.25) is 0 Å². The van der Waals surface area contributed by atoms with E-state index >= 15 is 0 Å². The number of hydrogen-bond donors (Lipinski definition) is 1.